The van der Waals surface area contributed by atoms with Gasteiger partial charge in [-0.1, -0.05) is 43.0 Å². The molecule has 0 atom stereocenters. The van der Waals surface area contributed by atoms with Crippen LogP contribution in [0.4, 0.5) is 4.39 Å². The number of hydrogen-bond acceptors (Lipinski definition) is 2. The van der Waals surface area contributed by atoms with Gasteiger partial charge in [0.05, 0.1) is 12.3 Å². The van der Waals surface area contributed by atoms with Crippen molar-refractivity contribution in [2.24, 2.45) is 5.10 Å². The first-order valence-corrected chi connectivity index (χ1v) is 7.05. The maximum atomic E-state index is 13.2. The van der Waals surface area contributed by atoms with Crippen molar-refractivity contribution in [1.29, 1.82) is 0 Å². The summed E-state index contributed by atoms with van der Waals surface area (Å²) in [7, 11) is 0. The Labute approximate surface area is 128 Å². The van der Waals surface area contributed by atoms with Crippen LogP contribution in [0.2, 0.25) is 0 Å². The molecule has 110 valence electrons. The molecule has 0 aromatic heterocycles. The number of amides is 1. The number of benzene rings is 2. The van der Waals surface area contributed by atoms with Crippen LogP contribution in [0.1, 0.15) is 27.9 Å². The smallest absolute Gasteiger partial charge is 0.267 e. The Balaban J connectivity index is 1.81. The molecule has 0 spiro atoms. The Bertz CT molecular complexity index is 750. The van der Waals surface area contributed by atoms with Crippen LogP contribution in [-0.4, -0.2) is 23.2 Å². The van der Waals surface area contributed by atoms with E-state index in [0.717, 1.165) is 16.8 Å². The van der Waals surface area contributed by atoms with Crippen molar-refractivity contribution < 1.29 is 9.18 Å². The molecule has 1 heterocycles. The molecule has 0 radical (unpaired) electrons. The molecule has 0 saturated heterocycles. The summed E-state index contributed by atoms with van der Waals surface area (Å²) < 4.78 is 13.2. The van der Waals surface area contributed by atoms with Gasteiger partial charge in [0.15, 0.2) is 0 Å². The SMILES string of the molecule is C=Cc1ccc(C2=NN(C(=O)c3cccc(F)c3)CC2)cc1. The molecule has 3 rings (SSSR count). The van der Waals surface area contributed by atoms with Gasteiger partial charge in [-0.25, -0.2) is 9.40 Å². The highest BCUT2D eigenvalue weighted by Crippen LogP contribution is 2.17. The van der Waals surface area contributed by atoms with Crippen molar-refractivity contribution in [1.82, 2.24) is 5.01 Å². The molecule has 1 aliphatic rings. The van der Waals surface area contributed by atoms with Crippen molar-refractivity contribution >= 4 is 17.7 Å². The molecule has 0 aliphatic carbocycles. The van der Waals surface area contributed by atoms with E-state index < -0.39 is 5.82 Å². The summed E-state index contributed by atoms with van der Waals surface area (Å²) >= 11 is 0. The third-order valence-corrected chi connectivity index (χ3v) is 3.59. The number of carbonyl (C=O) groups is 1. The molecule has 2 aromatic rings. The van der Waals surface area contributed by atoms with Gasteiger partial charge in [-0.05, 0) is 29.3 Å². The average Bonchev–Trinajstić information content (AvgIpc) is 3.04. The maximum Gasteiger partial charge on any atom is 0.274 e. The molecule has 0 unspecified atom stereocenters. The van der Waals surface area contributed by atoms with E-state index in [9.17, 15) is 9.18 Å². The fourth-order valence-electron chi connectivity index (χ4n) is 2.39. The zero-order valence-corrected chi connectivity index (χ0v) is 12.0. The molecule has 2 aromatic carbocycles. The van der Waals surface area contributed by atoms with E-state index in [1.54, 1.807) is 12.1 Å². The number of hydrogen-bond donors (Lipinski definition) is 0. The van der Waals surface area contributed by atoms with Crippen LogP contribution in [-0.2, 0) is 0 Å². The van der Waals surface area contributed by atoms with Gasteiger partial charge in [-0.3, -0.25) is 4.79 Å². The first-order chi connectivity index (χ1) is 10.7. The lowest BCUT2D eigenvalue weighted by atomic mass is 10.1. The second kappa shape index (κ2) is 5.93. The lowest BCUT2D eigenvalue weighted by Gasteiger charge is -2.11. The fraction of sp³-hybridized carbons (Fsp3) is 0.111. The molecular formula is C18H15FN2O. The summed E-state index contributed by atoms with van der Waals surface area (Å²) in [5, 5.41) is 5.77. The summed E-state index contributed by atoms with van der Waals surface area (Å²) in [5.74, 6) is -0.702. The highest BCUT2D eigenvalue weighted by atomic mass is 19.1. The van der Waals surface area contributed by atoms with E-state index in [-0.39, 0.29) is 5.91 Å². The topological polar surface area (TPSA) is 32.7 Å². The predicted molar refractivity (Wildman–Crippen MR) is 85.1 cm³/mol. The minimum atomic E-state index is -0.422. The van der Waals surface area contributed by atoms with Crippen LogP contribution in [0, 0.1) is 5.82 Å². The van der Waals surface area contributed by atoms with Crippen LogP contribution >= 0.6 is 0 Å². The Kier molecular flexibility index (Phi) is 3.83. The second-order valence-electron chi connectivity index (χ2n) is 5.06. The van der Waals surface area contributed by atoms with Gasteiger partial charge in [0.2, 0.25) is 0 Å². The van der Waals surface area contributed by atoms with Crippen LogP contribution < -0.4 is 0 Å². The molecule has 0 saturated carbocycles. The summed E-state index contributed by atoms with van der Waals surface area (Å²) in [5.41, 5.74) is 3.20. The van der Waals surface area contributed by atoms with Gasteiger partial charge in [-0.2, -0.15) is 5.10 Å². The number of rotatable bonds is 3. The van der Waals surface area contributed by atoms with Crippen molar-refractivity contribution in [3.8, 4) is 0 Å². The number of hydrazone groups is 1. The van der Waals surface area contributed by atoms with E-state index in [1.807, 2.05) is 24.3 Å². The Morgan fingerprint density at radius 1 is 1.23 bits per heavy atom. The standard InChI is InChI=1S/C18H15FN2O/c1-2-13-6-8-14(9-7-13)17-10-11-21(20-17)18(22)15-4-3-5-16(19)12-15/h2-9,12H,1,10-11H2. The largest absolute Gasteiger partial charge is 0.274 e. The van der Waals surface area contributed by atoms with Crippen LogP contribution in [0.15, 0.2) is 60.2 Å². The molecular weight excluding hydrogens is 279 g/mol. The summed E-state index contributed by atoms with van der Waals surface area (Å²) in [6.07, 6.45) is 2.47. The minimum absolute atomic E-state index is 0.280. The van der Waals surface area contributed by atoms with Crippen molar-refractivity contribution in [3.63, 3.8) is 0 Å². The number of nitrogens with zero attached hydrogens (tertiary/aromatic N) is 2. The predicted octanol–water partition coefficient (Wildman–Crippen LogP) is 3.72. The monoisotopic (exact) mass is 294 g/mol. The van der Waals surface area contributed by atoms with Gasteiger partial charge < -0.3 is 0 Å². The third-order valence-electron chi connectivity index (χ3n) is 3.59. The van der Waals surface area contributed by atoms with Gasteiger partial charge in [0.1, 0.15) is 5.82 Å². The fourth-order valence-corrected chi connectivity index (χ4v) is 2.39. The highest BCUT2D eigenvalue weighted by molar-refractivity contribution is 6.04. The van der Waals surface area contributed by atoms with Gasteiger partial charge in [0.25, 0.3) is 5.91 Å². The second-order valence-corrected chi connectivity index (χ2v) is 5.06. The molecule has 0 N–H and O–H groups in total. The Hall–Kier alpha value is -2.75. The third kappa shape index (κ3) is 2.81. The Morgan fingerprint density at radius 3 is 2.68 bits per heavy atom. The van der Waals surface area contributed by atoms with Crippen LogP contribution in [0.3, 0.4) is 0 Å². The lowest BCUT2D eigenvalue weighted by molar-refractivity contribution is 0.0778. The van der Waals surface area contributed by atoms with E-state index in [2.05, 4.69) is 11.7 Å². The zero-order valence-electron chi connectivity index (χ0n) is 12.0. The first-order valence-electron chi connectivity index (χ1n) is 7.05. The Morgan fingerprint density at radius 2 is 2.00 bits per heavy atom. The van der Waals surface area contributed by atoms with Crippen LogP contribution in [0.25, 0.3) is 6.08 Å². The van der Waals surface area contributed by atoms with Gasteiger partial charge in [-0.15, -0.1) is 0 Å². The molecule has 1 amide bonds. The molecule has 22 heavy (non-hydrogen) atoms. The number of halogens is 1. The first kappa shape index (κ1) is 14.2. The molecule has 0 bridgehead atoms. The minimum Gasteiger partial charge on any atom is -0.267 e. The van der Waals surface area contributed by atoms with Crippen molar-refractivity contribution in [2.75, 3.05) is 6.54 Å². The molecule has 3 nitrogen and oxygen atoms in total. The highest BCUT2D eigenvalue weighted by Gasteiger charge is 2.22. The van der Waals surface area contributed by atoms with Crippen LogP contribution in [0.5, 0.6) is 0 Å². The summed E-state index contributed by atoms with van der Waals surface area (Å²) in [6.45, 7) is 4.23. The van der Waals surface area contributed by atoms with Gasteiger partial charge >= 0.3 is 0 Å². The number of carbonyl (C=O) groups excluding carboxylic acids is 1. The zero-order chi connectivity index (χ0) is 15.5. The van der Waals surface area contributed by atoms with Gasteiger partial charge in [0, 0.05) is 12.0 Å². The summed E-state index contributed by atoms with van der Waals surface area (Å²) in [6, 6.07) is 13.5. The molecule has 4 heteroatoms. The summed E-state index contributed by atoms with van der Waals surface area (Å²) in [4.78, 5) is 12.3. The van der Waals surface area contributed by atoms with E-state index in [4.69, 9.17) is 0 Å². The lowest BCUT2D eigenvalue weighted by Crippen LogP contribution is -2.23. The van der Waals surface area contributed by atoms with E-state index >= 15 is 0 Å². The molecule has 0 fully saturated rings. The molecule has 1 aliphatic heterocycles. The van der Waals surface area contributed by atoms with Crippen molar-refractivity contribution in [2.45, 2.75) is 6.42 Å². The van der Waals surface area contributed by atoms with E-state index in [0.29, 0.717) is 18.5 Å². The maximum absolute atomic E-state index is 13.2. The van der Waals surface area contributed by atoms with Crippen molar-refractivity contribution in [3.05, 3.63) is 77.6 Å². The normalized spacial score (nSPS) is 13.9. The average molecular weight is 294 g/mol. The van der Waals surface area contributed by atoms with E-state index in [1.165, 1.54) is 23.2 Å². The quantitative estimate of drug-likeness (QED) is 0.849.